The summed E-state index contributed by atoms with van der Waals surface area (Å²) < 4.78 is 5.54. The molecule has 1 aromatic rings. The maximum Gasteiger partial charge on any atom is 0.0698 e. The Morgan fingerprint density at radius 1 is 1.33 bits per heavy atom. The first-order valence-corrected chi connectivity index (χ1v) is 7.09. The van der Waals surface area contributed by atoms with E-state index in [0.717, 1.165) is 6.54 Å². The number of likely N-dealkylation sites (tertiary alicyclic amines) is 1. The fourth-order valence-corrected chi connectivity index (χ4v) is 3.38. The zero-order valence-electron chi connectivity index (χ0n) is 11.1. The van der Waals surface area contributed by atoms with Crippen molar-refractivity contribution >= 4 is 0 Å². The summed E-state index contributed by atoms with van der Waals surface area (Å²) >= 11 is 0. The van der Waals surface area contributed by atoms with E-state index in [1.165, 1.54) is 49.9 Å². The van der Waals surface area contributed by atoms with Crippen LogP contribution in [0.25, 0.3) is 0 Å². The first-order valence-electron chi connectivity index (χ1n) is 7.09. The SMILES string of the molecule is CO[C@@H]1CCCN([C@@H]2CCCc3cccnc32)C1. The van der Waals surface area contributed by atoms with Crippen molar-refractivity contribution in [2.75, 3.05) is 20.2 Å². The third kappa shape index (κ3) is 2.29. The molecule has 1 saturated heterocycles. The smallest absolute Gasteiger partial charge is 0.0698 e. The van der Waals surface area contributed by atoms with Crippen molar-refractivity contribution in [2.24, 2.45) is 0 Å². The lowest BCUT2D eigenvalue weighted by molar-refractivity contribution is 0.0101. The minimum Gasteiger partial charge on any atom is -0.380 e. The molecule has 0 spiro atoms. The number of piperidine rings is 1. The molecule has 0 saturated carbocycles. The predicted molar refractivity (Wildman–Crippen MR) is 71.5 cm³/mol. The van der Waals surface area contributed by atoms with Crippen LogP contribution in [-0.4, -0.2) is 36.2 Å². The Balaban J connectivity index is 1.80. The van der Waals surface area contributed by atoms with Gasteiger partial charge in [-0.25, -0.2) is 0 Å². The van der Waals surface area contributed by atoms with Gasteiger partial charge in [-0.2, -0.15) is 0 Å². The van der Waals surface area contributed by atoms with Gasteiger partial charge in [-0.05, 0) is 50.3 Å². The Bertz CT molecular complexity index is 407. The molecule has 0 N–H and O–H groups in total. The molecule has 3 rings (SSSR count). The van der Waals surface area contributed by atoms with Gasteiger partial charge in [0.05, 0.1) is 17.8 Å². The molecule has 0 amide bonds. The quantitative estimate of drug-likeness (QED) is 0.802. The van der Waals surface area contributed by atoms with Crippen molar-refractivity contribution in [3.63, 3.8) is 0 Å². The Hall–Kier alpha value is -0.930. The molecule has 2 aliphatic rings. The van der Waals surface area contributed by atoms with Crippen molar-refractivity contribution in [3.05, 3.63) is 29.6 Å². The van der Waals surface area contributed by atoms with Gasteiger partial charge in [0.1, 0.15) is 0 Å². The van der Waals surface area contributed by atoms with Crippen LogP contribution in [0.15, 0.2) is 18.3 Å². The summed E-state index contributed by atoms with van der Waals surface area (Å²) in [4.78, 5) is 7.23. The van der Waals surface area contributed by atoms with E-state index >= 15 is 0 Å². The van der Waals surface area contributed by atoms with Crippen molar-refractivity contribution in [3.8, 4) is 0 Å². The van der Waals surface area contributed by atoms with Crippen molar-refractivity contribution < 1.29 is 4.74 Å². The number of aromatic nitrogens is 1. The molecule has 0 unspecified atom stereocenters. The van der Waals surface area contributed by atoms with Gasteiger partial charge in [0.25, 0.3) is 0 Å². The Labute approximate surface area is 109 Å². The first kappa shape index (κ1) is 12.1. The van der Waals surface area contributed by atoms with Gasteiger partial charge >= 0.3 is 0 Å². The zero-order chi connectivity index (χ0) is 12.4. The van der Waals surface area contributed by atoms with Gasteiger partial charge in [0.15, 0.2) is 0 Å². The van der Waals surface area contributed by atoms with E-state index < -0.39 is 0 Å². The molecule has 0 aromatic carbocycles. The van der Waals surface area contributed by atoms with Crippen LogP contribution in [0.3, 0.4) is 0 Å². The van der Waals surface area contributed by atoms with Gasteiger partial charge in [0.2, 0.25) is 0 Å². The summed E-state index contributed by atoms with van der Waals surface area (Å²) in [6.07, 6.45) is 8.54. The van der Waals surface area contributed by atoms with Crippen molar-refractivity contribution in [2.45, 2.75) is 44.2 Å². The van der Waals surface area contributed by atoms with E-state index in [1.807, 2.05) is 13.3 Å². The summed E-state index contributed by atoms with van der Waals surface area (Å²) in [5, 5.41) is 0. The maximum absolute atomic E-state index is 5.54. The Morgan fingerprint density at radius 2 is 2.28 bits per heavy atom. The summed E-state index contributed by atoms with van der Waals surface area (Å²) in [6.45, 7) is 2.26. The average Bonchev–Trinajstić information content (AvgIpc) is 2.47. The van der Waals surface area contributed by atoms with Gasteiger partial charge in [-0.3, -0.25) is 9.88 Å². The summed E-state index contributed by atoms with van der Waals surface area (Å²) in [7, 11) is 1.83. The summed E-state index contributed by atoms with van der Waals surface area (Å²) in [5.41, 5.74) is 2.77. The number of fused-ring (bicyclic) bond motifs is 1. The van der Waals surface area contributed by atoms with E-state index in [0.29, 0.717) is 12.1 Å². The third-order valence-corrected chi connectivity index (χ3v) is 4.35. The molecule has 0 bridgehead atoms. The average molecular weight is 246 g/mol. The fourth-order valence-electron chi connectivity index (χ4n) is 3.38. The standard InChI is InChI=1S/C15H22N2O/c1-18-13-7-4-10-17(11-13)14-8-2-5-12-6-3-9-16-15(12)14/h3,6,9,13-14H,2,4-5,7-8,10-11H2,1H3/t13-,14-/m1/s1. The van der Waals surface area contributed by atoms with Gasteiger partial charge in [-0.1, -0.05) is 6.07 Å². The largest absolute Gasteiger partial charge is 0.380 e. The summed E-state index contributed by atoms with van der Waals surface area (Å²) in [5.74, 6) is 0. The van der Waals surface area contributed by atoms with Crippen LogP contribution in [0, 0.1) is 0 Å². The molecular weight excluding hydrogens is 224 g/mol. The van der Waals surface area contributed by atoms with Crippen LogP contribution >= 0.6 is 0 Å². The highest BCUT2D eigenvalue weighted by atomic mass is 16.5. The molecule has 3 nitrogen and oxygen atoms in total. The lowest BCUT2D eigenvalue weighted by Crippen LogP contribution is -2.42. The van der Waals surface area contributed by atoms with Crippen LogP contribution in [0.5, 0.6) is 0 Å². The lowest BCUT2D eigenvalue weighted by atomic mass is 9.89. The van der Waals surface area contributed by atoms with E-state index in [-0.39, 0.29) is 0 Å². The highest BCUT2D eigenvalue weighted by molar-refractivity contribution is 5.25. The molecule has 1 aliphatic heterocycles. The lowest BCUT2D eigenvalue weighted by Gasteiger charge is -2.39. The molecule has 3 heteroatoms. The highest BCUT2D eigenvalue weighted by Crippen LogP contribution is 2.34. The van der Waals surface area contributed by atoms with E-state index in [9.17, 15) is 0 Å². The molecule has 2 heterocycles. The number of aryl methyl sites for hydroxylation is 1. The minimum atomic E-state index is 0.410. The van der Waals surface area contributed by atoms with E-state index in [2.05, 4.69) is 22.0 Å². The number of ether oxygens (including phenoxy) is 1. The second-order valence-electron chi connectivity index (χ2n) is 5.45. The molecule has 1 fully saturated rings. The topological polar surface area (TPSA) is 25.4 Å². The van der Waals surface area contributed by atoms with Crippen LogP contribution in [0.4, 0.5) is 0 Å². The molecule has 1 aromatic heterocycles. The minimum absolute atomic E-state index is 0.410. The number of hydrogen-bond acceptors (Lipinski definition) is 3. The number of hydrogen-bond donors (Lipinski definition) is 0. The van der Waals surface area contributed by atoms with E-state index in [1.54, 1.807) is 0 Å². The number of pyridine rings is 1. The Kier molecular flexibility index (Phi) is 3.62. The molecule has 1 aliphatic carbocycles. The Morgan fingerprint density at radius 3 is 3.17 bits per heavy atom. The zero-order valence-corrected chi connectivity index (χ0v) is 11.1. The second-order valence-corrected chi connectivity index (χ2v) is 5.45. The van der Waals surface area contributed by atoms with Gasteiger partial charge in [-0.15, -0.1) is 0 Å². The maximum atomic E-state index is 5.54. The van der Waals surface area contributed by atoms with Crippen LogP contribution < -0.4 is 0 Å². The summed E-state index contributed by atoms with van der Waals surface area (Å²) in [6, 6.07) is 4.83. The fraction of sp³-hybridized carbons (Fsp3) is 0.667. The van der Waals surface area contributed by atoms with Gasteiger partial charge < -0.3 is 4.74 Å². The van der Waals surface area contributed by atoms with Gasteiger partial charge in [0, 0.05) is 19.9 Å². The van der Waals surface area contributed by atoms with E-state index in [4.69, 9.17) is 4.74 Å². The number of rotatable bonds is 2. The third-order valence-electron chi connectivity index (χ3n) is 4.35. The number of methoxy groups -OCH3 is 1. The van der Waals surface area contributed by atoms with Crippen LogP contribution in [-0.2, 0) is 11.2 Å². The van der Waals surface area contributed by atoms with Crippen molar-refractivity contribution in [1.82, 2.24) is 9.88 Å². The highest BCUT2D eigenvalue weighted by Gasteiger charge is 2.30. The molecule has 2 atom stereocenters. The monoisotopic (exact) mass is 246 g/mol. The molecular formula is C15H22N2O. The predicted octanol–water partition coefficient (Wildman–Crippen LogP) is 2.57. The van der Waals surface area contributed by atoms with Crippen LogP contribution in [0.2, 0.25) is 0 Å². The van der Waals surface area contributed by atoms with Crippen LogP contribution in [0.1, 0.15) is 43.0 Å². The number of nitrogens with zero attached hydrogens (tertiary/aromatic N) is 2. The molecule has 18 heavy (non-hydrogen) atoms. The second kappa shape index (κ2) is 5.37. The normalized spacial score (nSPS) is 28.9. The molecule has 0 radical (unpaired) electrons. The van der Waals surface area contributed by atoms with Crippen molar-refractivity contribution in [1.29, 1.82) is 0 Å². The first-order chi connectivity index (χ1) is 8.88. The molecule has 98 valence electrons.